The number of benzene rings is 1. The smallest absolute Gasteiger partial charge is 0.434 e. The minimum Gasteiger partial charge on any atom is -0.442 e. The van der Waals surface area contributed by atoms with Crippen LogP contribution in [0.1, 0.15) is 26.5 Å². The molecule has 5 rings (SSSR count). The number of anilines is 1. The number of hydrogen-bond acceptors (Lipinski definition) is 7. The molecule has 1 amide bonds. The van der Waals surface area contributed by atoms with Crippen LogP contribution in [0.3, 0.4) is 0 Å². The monoisotopic (exact) mass is 534 g/mol. The number of hydrogen-bond donors (Lipinski definition) is 0. The van der Waals surface area contributed by atoms with Crippen LogP contribution in [-0.4, -0.2) is 48.8 Å². The molecule has 37 heavy (non-hydrogen) atoms. The molecule has 0 aliphatic carbocycles. The van der Waals surface area contributed by atoms with Gasteiger partial charge in [-0.1, -0.05) is 23.5 Å². The molecule has 1 saturated heterocycles. The molecule has 1 fully saturated rings. The summed E-state index contributed by atoms with van der Waals surface area (Å²) in [6.45, 7) is 5.63. The van der Waals surface area contributed by atoms with E-state index in [0.29, 0.717) is 17.1 Å². The number of hydrazine groups is 1. The van der Waals surface area contributed by atoms with E-state index in [0.717, 1.165) is 28.4 Å². The van der Waals surface area contributed by atoms with Gasteiger partial charge >= 0.3 is 12.3 Å². The molecule has 4 heterocycles. The fraction of sp³-hybridized carbons (Fsp3) is 0.333. The molecular weight excluding hydrogens is 512 g/mol. The van der Waals surface area contributed by atoms with Crippen molar-refractivity contribution in [3.63, 3.8) is 0 Å². The summed E-state index contributed by atoms with van der Waals surface area (Å²) in [5.41, 5.74) is -0.950. The highest BCUT2D eigenvalue weighted by molar-refractivity contribution is 7.18. The Kier molecular flexibility index (Phi) is 6.05. The summed E-state index contributed by atoms with van der Waals surface area (Å²) < 4.78 is 59.3. The van der Waals surface area contributed by atoms with E-state index in [1.165, 1.54) is 33.2 Å². The molecule has 0 bridgehead atoms. The lowest BCUT2D eigenvalue weighted by atomic mass is 10.1. The van der Waals surface area contributed by atoms with Crippen molar-refractivity contribution >= 4 is 33.3 Å². The van der Waals surface area contributed by atoms with Crippen molar-refractivity contribution in [3.8, 4) is 10.4 Å². The normalized spacial score (nSPS) is 16.2. The van der Waals surface area contributed by atoms with Crippen LogP contribution in [0.25, 0.3) is 21.2 Å². The minimum absolute atomic E-state index is 0.0985. The number of nitrogens with zero attached hydrogens (tertiary/aromatic N) is 6. The maximum atomic E-state index is 13.6. The first-order chi connectivity index (χ1) is 17.4. The number of fused-ring (bicyclic) bond motifs is 1. The number of ether oxygens (including phenoxy) is 1. The van der Waals surface area contributed by atoms with E-state index < -0.39 is 35.6 Å². The van der Waals surface area contributed by atoms with Gasteiger partial charge in [0, 0.05) is 36.6 Å². The molecule has 0 saturated carbocycles. The Labute approximate surface area is 213 Å². The number of halogens is 4. The third-order valence-corrected chi connectivity index (χ3v) is 6.66. The molecule has 8 nitrogen and oxygen atoms in total. The zero-order valence-electron chi connectivity index (χ0n) is 20.0. The molecule has 1 atom stereocenters. The van der Waals surface area contributed by atoms with Gasteiger partial charge in [0.1, 0.15) is 5.60 Å². The van der Waals surface area contributed by atoms with Crippen LogP contribution in [0.2, 0.25) is 0 Å². The quantitative estimate of drug-likeness (QED) is 0.245. The van der Waals surface area contributed by atoms with Gasteiger partial charge in [-0.25, -0.2) is 24.8 Å². The molecule has 0 spiro atoms. The lowest BCUT2D eigenvalue weighted by molar-refractivity contribution is -0.141. The summed E-state index contributed by atoms with van der Waals surface area (Å²) in [4.78, 5) is 25.4. The standard InChI is InChI=1S/C24H22F4N6O2S/c1-23(2,3)36-22(35)34-17(10-32-12-19(31-13-32)24(26,27)28)11-33(34)21-30-9-18(37-21)14-4-5-15-8-29-20(25)7-16(15)6-14/h4-9,12-13,17H,10-11H2,1-3H3/t17-/m0/s1. The summed E-state index contributed by atoms with van der Waals surface area (Å²) in [5.74, 6) is -0.575. The van der Waals surface area contributed by atoms with Crippen molar-refractivity contribution in [2.45, 2.75) is 45.1 Å². The van der Waals surface area contributed by atoms with E-state index in [9.17, 15) is 22.4 Å². The number of pyridine rings is 1. The second-order valence-corrected chi connectivity index (χ2v) is 10.6. The molecule has 194 valence electrons. The van der Waals surface area contributed by atoms with E-state index in [2.05, 4.69) is 15.0 Å². The van der Waals surface area contributed by atoms with Gasteiger partial charge in [-0.3, -0.25) is 5.01 Å². The molecule has 4 aromatic rings. The third kappa shape index (κ3) is 5.22. The Bertz CT molecular complexity index is 1460. The van der Waals surface area contributed by atoms with Crippen molar-refractivity contribution in [2.75, 3.05) is 11.6 Å². The number of rotatable bonds is 4. The highest BCUT2D eigenvalue weighted by atomic mass is 32.1. The maximum absolute atomic E-state index is 13.6. The van der Waals surface area contributed by atoms with Gasteiger partial charge in [-0.05, 0) is 37.8 Å². The zero-order valence-corrected chi connectivity index (χ0v) is 20.8. The van der Waals surface area contributed by atoms with E-state index in [4.69, 9.17) is 4.74 Å². The van der Waals surface area contributed by atoms with Gasteiger partial charge in [-0.15, -0.1) is 0 Å². The highest BCUT2D eigenvalue weighted by Gasteiger charge is 2.44. The van der Waals surface area contributed by atoms with Crippen LogP contribution >= 0.6 is 11.3 Å². The predicted octanol–water partition coefficient (Wildman–Crippen LogP) is 5.75. The second kappa shape index (κ2) is 8.98. The van der Waals surface area contributed by atoms with Gasteiger partial charge in [-0.2, -0.15) is 17.6 Å². The van der Waals surface area contributed by atoms with Crippen LogP contribution in [0.4, 0.5) is 27.5 Å². The lowest BCUT2D eigenvalue weighted by Gasteiger charge is -2.50. The van der Waals surface area contributed by atoms with Crippen molar-refractivity contribution in [2.24, 2.45) is 0 Å². The predicted molar refractivity (Wildman–Crippen MR) is 129 cm³/mol. The number of alkyl halides is 3. The van der Waals surface area contributed by atoms with Gasteiger partial charge in [0.2, 0.25) is 11.1 Å². The molecule has 0 unspecified atom stereocenters. The molecule has 3 aromatic heterocycles. The van der Waals surface area contributed by atoms with Gasteiger partial charge in [0.05, 0.1) is 23.8 Å². The Morgan fingerprint density at radius 1 is 1.11 bits per heavy atom. The molecule has 0 N–H and O–H groups in total. The third-order valence-electron chi connectivity index (χ3n) is 5.60. The van der Waals surface area contributed by atoms with Crippen molar-refractivity contribution in [3.05, 3.63) is 60.8 Å². The topological polar surface area (TPSA) is 76.4 Å². The fourth-order valence-corrected chi connectivity index (χ4v) is 4.88. The van der Waals surface area contributed by atoms with E-state index >= 15 is 0 Å². The van der Waals surface area contributed by atoms with Gasteiger partial charge in [0.15, 0.2) is 5.69 Å². The molecule has 0 radical (unpaired) electrons. The first-order valence-electron chi connectivity index (χ1n) is 11.3. The van der Waals surface area contributed by atoms with Crippen LogP contribution in [0.5, 0.6) is 0 Å². The van der Waals surface area contributed by atoms with Crippen molar-refractivity contribution in [1.82, 2.24) is 24.5 Å². The Morgan fingerprint density at radius 2 is 1.89 bits per heavy atom. The number of carbonyl (C=O) groups excluding carboxylic acids is 1. The lowest BCUT2D eigenvalue weighted by Crippen LogP contribution is -2.68. The van der Waals surface area contributed by atoms with Crippen LogP contribution < -0.4 is 5.01 Å². The summed E-state index contributed by atoms with van der Waals surface area (Å²) in [7, 11) is 0. The first-order valence-corrected chi connectivity index (χ1v) is 12.1. The fourth-order valence-electron chi connectivity index (χ4n) is 3.96. The maximum Gasteiger partial charge on any atom is 0.434 e. The number of thiazole rings is 1. The first kappa shape index (κ1) is 24.9. The van der Waals surface area contributed by atoms with E-state index in [-0.39, 0.29) is 6.54 Å². The summed E-state index contributed by atoms with van der Waals surface area (Å²) in [6, 6.07) is 6.43. The highest BCUT2D eigenvalue weighted by Crippen LogP contribution is 2.37. The van der Waals surface area contributed by atoms with Crippen molar-refractivity contribution in [1.29, 1.82) is 0 Å². The minimum atomic E-state index is -4.55. The molecular formula is C24H22F4N6O2S. The van der Waals surface area contributed by atoms with Crippen molar-refractivity contribution < 1.29 is 27.1 Å². The Morgan fingerprint density at radius 3 is 2.59 bits per heavy atom. The van der Waals surface area contributed by atoms with E-state index in [1.54, 1.807) is 32.0 Å². The van der Waals surface area contributed by atoms with E-state index in [1.807, 2.05) is 18.2 Å². The SMILES string of the molecule is CC(C)(C)OC(=O)N1[C@@H](Cn2cnc(C(F)(F)F)c2)CN1c1ncc(-c2ccc3cnc(F)cc3c2)s1. The van der Waals surface area contributed by atoms with Crippen LogP contribution in [0.15, 0.2) is 49.2 Å². The average molecular weight is 535 g/mol. The molecule has 1 aromatic carbocycles. The Hall–Kier alpha value is -3.74. The van der Waals surface area contributed by atoms with Crippen LogP contribution in [0, 0.1) is 5.95 Å². The van der Waals surface area contributed by atoms with Gasteiger partial charge < -0.3 is 9.30 Å². The molecule has 13 heteroatoms. The summed E-state index contributed by atoms with van der Waals surface area (Å²) in [5, 5.41) is 5.00. The van der Waals surface area contributed by atoms with Crippen LogP contribution in [-0.2, 0) is 17.5 Å². The summed E-state index contributed by atoms with van der Waals surface area (Å²) in [6.07, 6.45) is -0.0584. The zero-order chi connectivity index (χ0) is 26.5. The number of carbonyl (C=O) groups is 1. The van der Waals surface area contributed by atoms with Gasteiger partial charge in [0.25, 0.3) is 0 Å². The Balaban J connectivity index is 1.39. The largest absolute Gasteiger partial charge is 0.442 e. The average Bonchev–Trinajstić information content (AvgIpc) is 3.44. The molecule has 1 aliphatic heterocycles. The summed E-state index contributed by atoms with van der Waals surface area (Å²) >= 11 is 1.33. The second-order valence-electron chi connectivity index (χ2n) is 9.59. The number of amides is 1. The number of imidazole rings is 1. The number of aromatic nitrogens is 4. The molecule has 1 aliphatic rings.